The number of benzene rings is 2. The maximum absolute atomic E-state index is 13.5. The van der Waals surface area contributed by atoms with E-state index < -0.39 is 21.1 Å². The Bertz CT molecular complexity index is 1620. The molecule has 1 saturated heterocycles. The van der Waals surface area contributed by atoms with Gasteiger partial charge in [0.25, 0.3) is 5.56 Å². The summed E-state index contributed by atoms with van der Waals surface area (Å²) in [7, 11) is -2.14. The summed E-state index contributed by atoms with van der Waals surface area (Å²) in [5, 5.41) is 14.5. The predicted molar refractivity (Wildman–Crippen MR) is 117 cm³/mol. The molecule has 2 aromatic carbocycles. The SMILES string of the molecule is CN1CC[C@H](n2ncc3ccc(S(=O)(=O)c4ccc(Cl)c5c(=O)n(O)c(=O)[nH]c45)cc32)C1. The average molecular weight is 476 g/mol. The first-order chi connectivity index (χ1) is 15.2. The molecule has 32 heavy (non-hydrogen) atoms. The van der Waals surface area contributed by atoms with E-state index in [1.165, 1.54) is 18.2 Å². The van der Waals surface area contributed by atoms with Crippen molar-refractivity contribution in [2.75, 3.05) is 20.1 Å². The van der Waals surface area contributed by atoms with Crippen molar-refractivity contribution in [1.29, 1.82) is 0 Å². The van der Waals surface area contributed by atoms with Gasteiger partial charge in [-0.05, 0) is 50.3 Å². The van der Waals surface area contributed by atoms with E-state index >= 15 is 0 Å². The second-order valence-electron chi connectivity index (χ2n) is 7.86. The number of nitrogens with one attached hydrogen (secondary N) is 1. The van der Waals surface area contributed by atoms with Gasteiger partial charge in [0, 0.05) is 11.9 Å². The summed E-state index contributed by atoms with van der Waals surface area (Å²) >= 11 is 6.07. The Kier molecular flexibility index (Phi) is 4.66. The third-order valence-corrected chi connectivity index (χ3v) is 7.94. The second kappa shape index (κ2) is 7.19. The van der Waals surface area contributed by atoms with Crippen molar-refractivity contribution < 1.29 is 13.6 Å². The van der Waals surface area contributed by atoms with Crippen molar-refractivity contribution in [3.8, 4) is 0 Å². The highest BCUT2D eigenvalue weighted by atomic mass is 35.5. The number of hydrogen-bond donors (Lipinski definition) is 2. The van der Waals surface area contributed by atoms with Crippen LogP contribution in [0.15, 0.2) is 55.9 Å². The van der Waals surface area contributed by atoms with Crippen LogP contribution >= 0.6 is 11.6 Å². The van der Waals surface area contributed by atoms with Crippen LogP contribution in [0.5, 0.6) is 0 Å². The second-order valence-corrected chi connectivity index (χ2v) is 10.2. The van der Waals surface area contributed by atoms with Gasteiger partial charge in [-0.1, -0.05) is 16.3 Å². The van der Waals surface area contributed by atoms with Gasteiger partial charge in [-0.2, -0.15) is 5.10 Å². The zero-order valence-electron chi connectivity index (χ0n) is 16.8. The quantitative estimate of drug-likeness (QED) is 0.431. The van der Waals surface area contributed by atoms with Crippen molar-refractivity contribution in [2.24, 2.45) is 0 Å². The molecule has 10 nitrogen and oxygen atoms in total. The van der Waals surface area contributed by atoms with E-state index in [-0.39, 0.29) is 36.5 Å². The maximum atomic E-state index is 13.5. The lowest BCUT2D eigenvalue weighted by molar-refractivity contribution is 0.162. The van der Waals surface area contributed by atoms with Crippen LogP contribution in [0.3, 0.4) is 0 Å². The number of aromatic nitrogens is 4. The molecule has 1 aliphatic heterocycles. The fraction of sp³-hybridized carbons (Fsp3) is 0.250. The molecule has 12 heteroatoms. The molecule has 166 valence electrons. The lowest BCUT2D eigenvalue weighted by atomic mass is 10.2. The van der Waals surface area contributed by atoms with Crippen molar-refractivity contribution in [3.63, 3.8) is 0 Å². The molecule has 1 aliphatic rings. The fourth-order valence-corrected chi connectivity index (χ4v) is 5.86. The van der Waals surface area contributed by atoms with Crippen molar-refractivity contribution >= 4 is 43.2 Å². The van der Waals surface area contributed by atoms with E-state index in [0.717, 1.165) is 24.9 Å². The molecule has 0 spiro atoms. The minimum atomic E-state index is -4.16. The Morgan fingerprint density at radius 2 is 2.00 bits per heavy atom. The molecule has 4 aromatic rings. The number of fused-ring (bicyclic) bond motifs is 2. The molecular weight excluding hydrogens is 458 g/mol. The Labute approximate surface area is 186 Å². The van der Waals surface area contributed by atoms with Crippen LogP contribution in [-0.2, 0) is 9.84 Å². The number of halogens is 1. The van der Waals surface area contributed by atoms with Crippen molar-refractivity contribution in [1.82, 2.24) is 24.4 Å². The molecule has 0 bridgehead atoms. The number of hydrogen-bond acceptors (Lipinski definition) is 7. The fourth-order valence-electron chi connectivity index (χ4n) is 4.19. The van der Waals surface area contributed by atoms with E-state index in [9.17, 15) is 23.2 Å². The van der Waals surface area contributed by atoms with Gasteiger partial charge in [-0.3, -0.25) is 9.48 Å². The molecule has 0 radical (unpaired) electrons. The van der Waals surface area contributed by atoms with Crippen molar-refractivity contribution in [2.45, 2.75) is 22.3 Å². The van der Waals surface area contributed by atoms with E-state index in [0.29, 0.717) is 5.52 Å². The summed E-state index contributed by atoms with van der Waals surface area (Å²) < 4.78 is 28.8. The molecular formula is C20H18ClN5O5S. The first kappa shape index (κ1) is 20.7. The molecule has 1 atom stereocenters. The summed E-state index contributed by atoms with van der Waals surface area (Å²) in [6.45, 7) is 1.74. The van der Waals surface area contributed by atoms with Crippen LogP contribution in [0.2, 0.25) is 5.02 Å². The van der Waals surface area contributed by atoms with Crippen LogP contribution in [-0.4, -0.2) is 58.2 Å². The van der Waals surface area contributed by atoms with Crippen molar-refractivity contribution in [3.05, 3.63) is 62.4 Å². The third-order valence-electron chi connectivity index (χ3n) is 5.83. The number of likely N-dealkylation sites (N-methyl/N-ethyl adjacent to an activating group) is 1. The Morgan fingerprint density at radius 3 is 2.72 bits per heavy atom. The minimum Gasteiger partial charge on any atom is -0.421 e. The number of rotatable bonds is 3. The Balaban J connectivity index is 1.72. The smallest absolute Gasteiger partial charge is 0.362 e. The number of nitrogens with zero attached hydrogens (tertiary/aromatic N) is 4. The van der Waals surface area contributed by atoms with Gasteiger partial charge in [0.05, 0.1) is 43.5 Å². The highest BCUT2D eigenvalue weighted by Crippen LogP contribution is 2.32. The van der Waals surface area contributed by atoms with E-state index in [4.69, 9.17) is 11.6 Å². The van der Waals surface area contributed by atoms with Crippen LogP contribution in [0.1, 0.15) is 12.5 Å². The molecule has 5 rings (SSSR count). The van der Waals surface area contributed by atoms with Gasteiger partial charge in [0.1, 0.15) is 0 Å². The topological polar surface area (TPSA) is 130 Å². The number of aromatic amines is 1. The molecule has 0 aliphatic carbocycles. The highest BCUT2D eigenvalue weighted by Gasteiger charge is 2.27. The van der Waals surface area contributed by atoms with Crippen LogP contribution in [0, 0.1) is 0 Å². The highest BCUT2D eigenvalue weighted by molar-refractivity contribution is 7.91. The normalized spacial score (nSPS) is 17.5. The van der Waals surface area contributed by atoms with Gasteiger partial charge < -0.3 is 15.1 Å². The standard InChI is InChI=1S/C20H18ClN5O5S/c1-24-7-6-12(10-24)25-15-8-13(3-2-11(15)9-22-25)32(30,31)16-5-4-14(21)17-18(16)23-20(28)26(29)19(17)27/h2-5,8-9,12,29H,6-7,10H2,1H3,(H,23,28)/t12-/m0/s1. The summed E-state index contributed by atoms with van der Waals surface area (Å²) in [6.07, 6.45) is 2.60. The third kappa shape index (κ3) is 3.04. The van der Waals surface area contributed by atoms with Gasteiger partial charge in [-0.15, -0.1) is 0 Å². The summed E-state index contributed by atoms with van der Waals surface area (Å²) in [4.78, 5) is 28.4. The molecule has 2 aromatic heterocycles. The Hall–Kier alpha value is -3.15. The number of H-pyrrole nitrogens is 1. The summed E-state index contributed by atoms with van der Waals surface area (Å²) in [5.74, 6) is 0. The largest absolute Gasteiger partial charge is 0.421 e. The zero-order chi connectivity index (χ0) is 22.8. The van der Waals surface area contributed by atoms with Gasteiger partial charge in [0.2, 0.25) is 9.84 Å². The van der Waals surface area contributed by atoms with Crippen LogP contribution in [0.4, 0.5) is 0 Å². The van der Waals surface area contributed by atoms with Crippen LogP contribution < -0.4 is 11.2 Å². The molecule has 0 saturated carbocycles. The first-order valence-electron chi connectivity index (χ1n) is 9.76. The van der Waals surface area contributed by atoms with E-state index in [1.54, 1.807) is 18.3 Å². The molecule has 1 fully saturated rings. The zero-order valence-corrected chi connectivity index (χ0v) is 18.4. The number of sulfone groups is 1. The lowest BCUT2D eigenvalue weighted by Gasteiger charge is -2.13. The molecule has 2 N–H and O–H groups in total. The predicted octanol–water partition coefficient (Wildman–Crippen LogP) is 1.64. The molecule has 3 heterocycles. The van der Waals surface area contributed by atoms with Gasteiger partial charge in [-0.25, -0.2) is 13.2 Å². The summed E-state index contributed by atoms with van der Waals surface area (Å²) in [5.41, 5.74) is -1.86. The molecule has 0 unspecified atom stereocenters. The monoisotopic (exact) mass is 475 g/mol. The summed E-state index contributed by atoms with van der Waals surface area (Å²) in [6, 6.07) is 7.27. The van der Waals surface area contributed by atoms with Gasteiger partial charge >= 0.3 is 5.69 Å². The van der Waals surface area contributed by atoms with Gasteiger partial charge in [0.15, 0.2) is 0 Å². The number of likely N-dealkylation sites (tertiary alicyclic amines) is 1. The first-order valence-corrected chi connectivity index (χ1v) is 11.6. The maximum Gasteiger partial charge on any atom is 0.362 e. The Morgan fingerprint density at radius 1 is 1.22 bits per heavy atom. The molecule has 0 amide bonds. The average Bonchev–Trinajstić information content (AvgIpc) is 3.37. The van der Waals surface area contributed by atoms with Crippen LogP contribution in [0.25, 0.3) is 21.8 Å². The van der Waals surface area contributed by atoms with E-state index in [2.05, 4.69) is 15.0 Å². The van der Waals surface area contributed by atoms with E-state index in [1.807, 2.05) is 11.7 Å². The minimum absolute atomic E-state index is 0.0178. The lowest BCUT2D eigenvalue weighted by Crippen LogP contribution is -2.33.